The number of phenolic OH excluding ortho intramolecular Hbond substituents is 1. The van der Waals surface area contributed by atoms with Gasteiger partial charge in [-0.25, -0.2) is 0 Å². The van der Waals surface area contributed by atoms with Crippen molar-refractivity contribution in [1.82, 2.24) is 5.32 Å². The van der Waals surface area contributed by atoms with Gasteiger partial charge in [-0.05, 0) is 48.7 Å². The normalized spacial score (nSPS) is 11.7. The molecule has 0 aliphatic heterocycles. The number of rotatable bonds is 5. The van der Waals surface area contributed by atoms with Crippen molar-refractivity contribution in [2.24, 2.45) is 0 Å². The molecule has 0 radical (unpaired) electrons. The van der Waals surface area contributed by atoms with E-state index < -0.39 is 17.9 Å². The largest absolute Gasteiger partial charge is 0.508 e. The first-order valence-corrected chi connectivity index (χ1v) is 8.40. The molecule has 2 aromatic carbocycles. The number of nitrogens with one attached hydrogen (secondary N) is 2. The van der Waals surface area contributed by atoms with Crippen molar-refractivity contribution >= 4 is 17.5 Å². The highest BCUT2D eigenvalue weighted by Crippen LogP contribution is 2.28. The van der Waals surface area contributed by atoms with Crippen molar-refractivity contribution in [3.8, 4) is 11.5 Å². The predicted octanol–water partition coefficient (Wildman–Crippen LogP) is 3.34. The second kappa shape index (κ2) is 8.38. The van der Waals surface area contributed by atoms with Crippen LogP contribution in [0.1, 0.15) is 43.9 Å². The molecule has 0 saturated carbocycles. The average molecular weight is 356 g/mol. The summed E-state index contributed by atoms with van der Waals surface area (Å²) in [6, 6.07) is 11.5. The van der Waals surface area contributed by atoms with Gasteiger partial charge < -0.3 is 20.5 Å². The first kappa shape index (κ1) is 19.3. The van der Waals surface area contributed by atoms with Crippen molar-refractivity contribution in [2.75, 3.05) is 12.4 Å². The number of phenols is 1. The second-order valence-corrected chi connectivity index (χ2v) is 6.35. The first-order chi connectivity index (χ1) is 12.3. The molecule has 6 nitrogen and oxygen atoms in total. The molecule has 1 unspecified atom stereocenters. The maximum atomic E-state index is 12.2. The number of methoxy groups -OCH3 is 1. The van der Waals surface area contributed by atoms with Crippen LogP contribution in [-0.2, 0) is 9.59 Å². The third kappa shape index (κ3) is 4.75. The van der Waals surface area contributed by atoms with Crippen LogP contribution in [0.25, 0.3) is 0 Å². The predicted molar refractivity (Wildman–Crippen MR) is 100 cm³/mol. The molecule has 2 rings (SSSR count). The van der Waals surface area contributed by atoms with Gasteiger partial charge in [-0.15, -0.1) is 0 Å². The molecule has 26 heavy (non-hydrogen) atoms. The first-order valence-electron chi connectivity index (χ1n) is 8.40. The summed E-state index contributed by atoms with van der Waals surface area (Å²) < 4.78 is 5.12. The monoisotopic (exact) mass is 356 g/mol. The Labute approximate surface area is 153 Å². The highest BCUT2D eigenvalue weighted by atomic mass is 16.5. The zero-order chi connectivity index (χ0) is 19.3. The number of hydrogen-bond acceptors (Lipinski definition) is 4. The van der Waals surface area contributed by atoms with E-state index in [9.17, 15) is 14.7 Å². The fourth-order valence-electron chi connectivity index (χ4n) is 2.51. The summed E-state index contributed by atoms with van der Waals surface area (Å²) in [6.07, 6.45) is 0. The van der Waals surface area contributed by atoms with Gasteiger partial charge in [-0.2, -0.15) is 0 Å². The zero-order valence-electron chi connectivity index (χ0n) is 15.4. The number of carbonyl (C=O) groups excluding carboxylic acids is 2. The molecule has 0 saturated heterocycles. The number of carbonyl (C=O) groups is 2. The number of anilines is 1. The van der Waals surface area contributed by atoms with Crippen LogP contribution in [0.15, 0.2) is 42.5 Å². The van der Waals surface area contributed by atoms with Gasteiger partial charge in [0, 0.05) is 11.3 Å². The van der Waals surface area contributed by atoms with E-state index in [-0.39, 0.29) is 5.75 Å². The Morgan fingerprint density at radius 1 is 1.04 bits per heavy atom. The van der Waals surface area contributed by atoms with Gasteiger partial charge >= 0.3 is 11.8 Å². The van der Waals surface area contributed by atoms with Crippen LogP contribution >= 0.6 is 0 Å². The van der Waals surface area contributed by atoms with Crippen molar-refractivity contribution in [2.45, 2.75) is 32.7 Å². The molecule has 2 amide bonds. The summed E-state index contributed by atoms with van der Waals surface area (Å²) >= 11 is 0. The molecule has 0 heterocycles. The lowest BCUT2D eigenvalue weighted by Crippen LogP contribution is -2.36. The molecular formula is C20H24N2O4. The van der Waals surface area contributed by atoms with E-state index in [0.717, 1.165) is 5.56 Å². The Morgan fingerprint density at radius 3 is 2.42 bits per heavy atom. The number of amides is 2. The van der Waals surface area contributed by atoms with E-state index in [2.05, 4.69) is 24.5 Å². The molecule has 0 spiro atoms. The minimum atomic E-state index is -0.783. The summed E-state index contributed by atoms with van der Waals surface area (Å²) in [5.74, 6) is -0.663. The molecule has 2 aromatic rings. The lowest BCUT2D eigenvalue weighted by atomic mass is 10.0. The van der Waals surface area contributed by atoms with Gasteiger partial charge in [0.25, 0.3) is 0 Å². The second-order valence-electron chi connectivity index (χ2n) is 6.35. The molecule has 0 aliphatic rings. The van der Waals surface area contributed by atoms with Crippen LogP contribution < -0.4 is 15.4 Å². The maximum absolute atomic E-state index is 12.2. The van der Waals surface area contributed by atoms with Gasteiger partial charge in [-0.1, -0.05) is 26.0 Å². The number of hydrogen-bond donors (Lipinski definition) is 3. The van der Waals surface area contributed by atoms with Crippen LogP contribution in [-0.4, -0.2) is 24.0 Å². The Morgan fingerprint density at radius 2 is 1.77 bits per heavy atom. The van der Waals surface area contributed by atoms with Crippen LogP contribution in [0.4, 0.5) is 5.69 Å². The minimum absolute atomic E-state index is 0.0173. The van der Waals surface area contributed by atoms with Crippen molar-refractivity contribution in [3.05, 3.63) is 53.6 Å². The Kier molecular flexibility index (Phi) is 6.22. The number of benzene rings is 2. The molecule has 1 atom stereocenters. The molecule has 0 aliphatic carbocycles. The van der Waals surface area contributed by atoms with Crippen molar-refractivity contribution < 1.29 is 19.4 Å². The SMILES string of the molecule is COc1ccc(O)c(C(C)NC(=O)C(=O)Nc2cccc(C(C)C)c2)c1. The number of ether oxygens (including phenoxy) is 1. The molecule has 0 aromatic heterocycles. The number of aromatic hydroxyl groups is 1. The molecule has 3 N–H and O–H groups in total. The van der Waals surface area contributed by atoms with Crippen LogP contribution in [0.2, 0.25) is 0 Å². The van der Waals surface area contributed by atoms with E-state index in [1.807, 2.05) is 18.2 Å². The third-order valence-electron chi connectivity index (χ3n) is 4.07. The molecule has 6 heteroatoms. The van der Waals surface area contributed by atoms with E-state index in [4.69, 9.17) is 4.74 Å². The average Bonchev–Trinajstić information content (AvgIpc) is 2.62. The quantitative estimate of drug-likeness (QED) is 0.717. The topological polar surface area (TPSA) is 87.7 Å². The Bertz CT molecular complexity index is 802. The molecular weight excluding hydrogens is 332 g/mol. The van der Waals surface area contributed by atoms with Gasteiger partial charge in [0.1, 0.15) is 11.5 Å². The van der Waals surface area contributed by atoms with E-state index in [1.54, 1.807) is 25.1 Å². The lowest BCUT2D eigenvalue weighted by molar-refractivity contribution is -0.136. The Hall–Kier alpha value is -3.02. The summed E-state index contributed by atoms with van der Waals surface area (Å²) in [7, 11) is 1.51. The molecule has 0 fully saturated rings. The van der Waals surface area contributed by atoms with Crippen LogP contribution in [0.3, 0.4) is 0 Å². The minimum Gasteiger partial charge on any atom is -0.508 e. The Balaban J connectivity index is 2.05. The van der Waals surface area contributed by atoms with Crippen LogP contribution in [0, 0.1) is 0 Å². The standard InChI is InChI=1S/C20H24N2O4/c1-12(2)14-6-5-7-15(10-14)22-20(25)19(24)21-13(3)17-11-16(26-4)8-9-18(17)23/h5-13,23H,1-4H3,(H,21,24)(H,22,25). The maximum Gasteiger partial charge on any atom is 0.313 e. The third-order valence-corrected chi connectivity index (χ3v) is 4.07. The fraction of sp³-hybridized carbons (Fsp3) is 0.300. The van der Waals surface area contributed by atoms with E-state index in [1.165, 1.54) is 13.2 Å². The summed E-state index contributed by atoms with van der Waals surface area (Å²) in [5.41, 5.74) is 2.10. The fourth-order valence-corrected chi connectivity index (χ4v) is 2.51. The highest BCUT2D eigenvalue weighted by Gasteiger charge is 2.19. The van der Waals surface area contributed by atoms with Gasteiger partial charge in [0.15, 0.2) is 0 Å². The zero-order valence-corrected chi connectivity index (χ0v) is 15.4. The van der Waals surface area contributed by atoms with Gasteiger partial charge in [0.2, 0.25) is 0 Å². The van der Waals surface area contributed by atoms with Crippen molar-refractivity contribution in [3.63, 3.8) is 0 Å². The summed E-state index contributed by atoms with van der Waals surface area (Å²) in [4.78, 5) is 24.3. The van der Waals surface area contributed by atoms with Gasteiger partial charge in [-0.3, -0.25) is 9.59 Å². The lowest BCUT2D eigenvalue weighted by Gasteiger charge is -2.16. The van der Waals surface area contributed by atoms with E-state index in [0.29, 0.717) is 22.9 Å². The molecule has 0 bridgehead atoms. The highest BCUT2D eigenvalue weighted by molar-refractivity contribution is 6.39. The van der Waals surface area contributed by atoms with Gasteiger partial charge in [0.05, 0.1) is 13.2 Å². The van der Waals surface area contributed by atoms with E-state index >= 15 is 0 Å². The molecule has 138 valence electrons. The summed E-state index contributed by atoms with van der Waals surface area (Å²) in [6.45, 7) is 5.78. The summed E-state index contributed by atoms with van der Waals surface area (Å²) in [5, 5.41) is 15.1. The van der Waals surface area contributed by atoms with Crippen LogP contribution in [0.5, 0.6) is 11.5 Å². The van der Waals surface area contributed by atoms with Crippen molar-refractivity contribution in [1.29, 1.82) is 0 Å². The smallest absolute Gasteiger partial charge is 0.313 e.